The van der Waals surface area contributed by atoms with Gasteiger partial charge < -0.3 is 15.2 Å². The second-order valence-electron chi connectivity index (χ2n) is 4.75. The van der Waals surface area contributed by atoms with E-state index >= 15 is 0 Å². The van der Waals surface area contributed by atoms with Crippen LogP contribution in [0.2, 0.25) is 0 Å². The number of nitrogens with one attached hydrogen (secondary N) is 1. The number of aliphatic hydroxyl groups is 1. The Balaban J connectivity index is 1.78. The third-order valence-corrected chi connectivity index (χ3v) is 3.25. The first kappa shape index (κ1) is 12.4. The van der Waals surface area contributed by atoms with E-state index in [1.807, 2.05) is 31.2 Å². The van der Waals surface area contributed by atoms with E-state index in [9.17, 15) is 5.11 Å². The molecule has 0 aliphatic carbocycles. The quantitative estimate of drug-likeness (QED) is 0.837. The van der Waals surface area contributed by atoms with Crippen LogP contribution in [0.25, 0.3) is 0 Å². The average Bonchev–Trinajstić information content (AvgIpc) is 2.39. The highest BCUT2D eigenvalue weighted by molar-refractivity contribution is 5.26. The minimum absolute atomic E-state index is 0.189. The lowest BCUT2D eigenvalue weighted by molar-refractivity contribution is 0.0639. The second-order valence-corrected chi connectivity index (χ2v) is 4.75. The molecule has 0 amide bonds. The molecule has 1 aliphatic rings. The molecule has 94 valence electrons. The van der Waals surface area contributed by atoms with Gasteiger partial charge in [-0.15, -0.1) is 0 Å². The van der Waals surface area contributed by atoms with E-state index in [1.165, 1.54) is 18.4 Å². The molecule has 17 heavy (non-hydrogen) atoms. The molecule has 3 heteroatoms. The van der Waals surface area contributed by atoms with Gasteiger partial charge in [0.1, 0.15) is 18.5 Å². The van der Waals surface area contributed by atoms with Gasteiger partial charge in [0.05, 0.1) is 0 Å². The molecule has 1 aromatic carbocycles. The van der Waals surface area contributed by atoms with Gasteiger partial charge in [-0.05, 0) is 38.4 Å². The second kappa shape index (κ2) is 6.03. The zero-order chi connectivity index (χ0) is 12.1. The van der Waals surface area contributed by atoms with Gasteiger partial charge in [-0.25, -0.2) is 0 Å². The van der Waals surface area contributed by atoms with Crippen LogP contribution in [-0.2, 0) is 0 Å². The molecular weight excluding hydrogens is 214 g/mol. The summed E-state index contributed by atoms with van der Waals surface area (Å²) in [7, 11) is 0. The molecular formula is C14H21NO2. The molecule has 0 aromatic heterocycles. The van der Waals surface area contributed by atoms with E-state index in [0.29, 0.717) is 6.61 Å². The minimum atomic E-state index is -0.420. The van der Waals surface area contributed by atoms with Gasteiger partial charge in [0.25, 0.3) is 0 Å². The Hall–Kier alpha value is -1.06. The first-order valence-electron chi connectivity index (χ1n) is 6.36. The van der Waals surface area contributed by atoms with E-state index in [-0.39, 0.29) is 6.04 Å². The fourth-order valence-electron chi connectivity index (χ4n) is 2.14. The first-order valence-corrected chi connectivity index (χ1v) is 6.36. The summed E-state index contributed by atoms with van der Waals surface area (Å²) in [5, 5.41) is 13.3. The molecule has 2 atom stereocenters. The standard InChI is InChI=1S/C14H21NO2/c1-11-5-7-12(8-6-11)17-10-14(16)13-4-2-3-9-15-13/h5-8,13-16H,2-4,9-10H2,1H3/t13-,14-/m0/s1. The van der Waals surface area contributed by atoms with Crippen LogP contribution in [0.1, 0.15) is 24.8 Å². The van der Waals surface area contributed by atoms with E-state index < -0.39 is 6.10 Å². The third-order valence-electron chi connectivity index (χ3n) is 3.25. The normalized spacial score (nSPS) is 22.1. The summed E-state index contributed by atoms with van der Waals surface area (Å²) in [6, 6.07) is 8.10. The van der Waals surface area contributed by atoms with Gasteiger partial charge in [-0.2, -0.15) is 0 Å². The first-order chi connectivity index (χ1) is 8.25. The fourth-order valence-corrected chi connectivity index (χ4v) is 2.14. The zero-order valence-corrected chi connectivity index (χ0v) is 10.4. The van der Waals surface area contributed by atoms with E-state index in [4.69, 9.17) is 4.74 Å². The van der Waals surface area contributed by atoms with Crippen molar-refractivity contribution in [1.29, 1.82) is 0 Å². The van der Waals surface area contributed by atoms with Crippen LogP contribution < -0.4 is 10.1 Å². The van der Waals surface area contributed by atoms with Crippen molar-refractivity contribution in [2.45, 2.75) is 38.3 Å². The summed E-state index contributed by atoms with van der Waals surface area (Å²) in [6.07, 6.45) is 3.02. The third kappa shape index (κ3) is 3.72. The molecule has 0 spiro atoms. The number of hydrogen-bond acceptors (Lipinski definition) is 3. The van der Waals surface area contributed by atoms with E-state index in [2.05, 4.69) is 5.32 Å². The van der Waals surface area contributed by atoms with Gasteiger partial charge in [-0.3, -0.25) is 0 Å². The lowest BCUT2D eigenvalue weighted by Crippen LogP contribution is -2.45. The van der Waals surface area contributed by atoms with Crippen molar-refractivity contribution in [3.63, 3.8) is 0 Å². The largest absolute Gasteiger partial charge is 0.491 e. The Morgan fingerprint density at radius 2 is 2.12 bits per heavy atom. The minimum Gasteiger partial charge on any atom is -0.491 e. The Bertz CT molecular complexity index is 331. The van der Waals surface area contributed by atoms with Crippen LogP contribution in [0.15, 0.2) is 24.3 Å². The van der Waals surface area contributed by atoms with Gasteiger partial charge in [0, 0.05) is 6.04 Å². The molecule has 0 radical (unpaired) electrons. The van der Waals surface area contributed by atoms with Gasteiger partial charge in [-0.1, -0.05) is 24.1 Å². The summed E-state index contributed by atoms with van der Waals surface area (Å²) in [5.74, 6) is 0.824. The van der Waals surface area contributed by atoms with Crippen LogP contribution in [0, 0.1) is 6.92 Å². The van der Waals surface area contributed by atoms with Gasteiger partial charge in [0.2, 0.25) is 0 Å². The molecule has 0 unspecified atom stereocenters. The summed E-state index contributed by atoms with van der Waals surface area (Å²) in [6.45, 7) is 3.41. The predicted molar refractivity (Wildman–Crippen MR) is 68.3 cm³/mol. The van der Waals surface area contributed by atoms with Gasteiger partial charge in [0.15, 0.2) is 0 Å². The number of aliphatic hydroxyl groups excluding tert-OH is 1. The van der Waals surface area contributed by atoms with Crippen molar-refractivity contribution >= 4 is 0 Å². The summed E-state index contributed by atoms with van der Waals surface area (Å²) in [5.41, 5.74) is 1.21. The molecule has 0 saturated carbocycles. The Morgan fingerprint density at radius 1 is 1.35 bits per heavy atom. The Morgan fingerprint density at radius 3 is 2.76 bits per heavy atom. The smallest absolute Gasteiger partial charge is 0.119 e. The van der Waals surface area contributed by atoms with Crippen molar-refractivity contribution in [3.05, 3.63) is 29.8 Å². The van der Waals surface area contributed by atoms with Crippen LogP contribution >= 0.6 is 0 Å². The maximum absolute atomic E-state index is 10.0. The number of ether oxygens (including phenoxy) is 1. The van der Waals surface area contributed by atoms with E-state index in [0.717, 1.165) is 18.7 Å². The van der Waals surface area contributed by atoms with Crippen LogP contribution in [0.5, 0.6) is 5.75 Å². The molecule has 1 fully saturated rings. The van der Waals surface area contributed by atoms with Crippen molar-refractivity contribution in [2.75, 3.05) is 13.2 Å². The number of rotatable bonds is 4. The molecule has 2 N–H and O–H groups in total. The van der Waals surface area contributed by atoms with Crippen LogP contribution in [-0.4, -0.2) is 30.4 Å². The van der Waals surface area contributed by atoms with Crippen molar-refractivity contribution in [1.82, 2.24) is 5.32 Å². The highest BCUT2D eigenvalue weighted by Gasteiger charge is 2.21. The van der Waals surface area contributed by atoms with Crippen LogP contribution in [0.4, 0.5) is 0 Å². The summed E-state index contributed by atoms with van der Waals surface area (Å²) < 4.78 is 5.59. The SMILES string of the molecule is Cc1ccc(OC[C@H](O)[C@@H]2CCCCN2)cc1. The summed E-state index contributed by atoms with van der Waals surface area (Å²) >= 11 is 0. The molecule has 1 heterocycles. The van der Waals surface area contributed by atoms with Crippen molar-refractivity contribution in [2.24, 2.45) is 0 Å². The average molecular weight is 235 g/mol. The van der Waals surface area contributed by atoms with Crippen molar-refractivity contribution < 1.29 is 9.84 Å². The highest BCUT2D eigenvalue weighted by Crippen LogP contribution is 2.14. The van der Waals surface area contributed by atoms with Crippen molar-refractivity contribution in [3.8, 4) is 5.75 Å². The number of piperidine rings is 1. The maximum Gasteiger partial charge on any atom is 0.119 e. The highest BCUT2D eigenvalue weighted by atomic mass is 16.5. The Labute approximate surface area is 103 Å². The molecule has 2 rings (SSSR count). The number of benzene rings is 1. The Kier molecular flexibility index (Phi) is 4.40. The van der Waals surface area contributed by atoms with E-state index in [1.54, 1.807) is 0 Å². The predicted octanol–water partition coefficient (Wildman–Crippen LogP) is 1.88. The maximum atomic E-state index is 10.0. The van der Waals surface area contributed by atoms with Gasteiger partial charge >= 0.3 is 0 Å². The molecule has 3 nitrogen and oxygen atoms in total. The zero-order valence-electron chi connectivity index (χ0n) is 10.4. The summed E-state index contributed by atoms with van der Waals surface area (Å²) in [4.78, 5) is 0. The lowest BCUT2D eigenvalue weighted by Gasteiger charge is -2.27. The topological polar surface area (TPSA) is 41.5 Å². The molecule has 1 aromatic rings. The lowest BCUT2D eigenvalue weighted by atomic mass is 10.0. The fraction of sp³-hybridized carbons (Fsp3) is 0.571. The van der Waals surface area contributed by atoms with Crippen LogP contribution in [0.3, 0.4) is 0 Å². The molecule has 1 aliphatic heterocycles. The number of hydrogen-bond donors (Lipinski definition) is 2. The molecule has 1 saturated heterocycles. The number of aryl methyl sites for hydroxylation is 1. The monoisotopic (exact) mass is 235 g/mol. The molecule has 0 bridgehead atoms.